The van der Waals surface area contributed by atoms with E-state index < -0.39 is 11.6 Å². The number of hydrazine groups is 1. The first-order chi connectivity index (χ1) is 14.9. The fourth-order valence-electron chi connectivity index (χ4n) is 4.52. The van der Waals surface area contributed by atoms with Crippen molar-refractivity contribution < 1.29 is 13.6 Å². The first-order valence-electron chi connectivity index (χ1n) is 10.2. The van der Waals surface area contributed by atoms with Crippen LogP contribution < -0.4 is 5.43 Å². The fraction of sp³-hybridized carbons (Fsp3) is 0.250. The molecule has 0 bridgehead atoms. The van der Waals surface area contributed by atoms with Gasteiger partial charge in [-0.1, -0.05) is 12.1 Å². The molecule has 1 saturated carbocycles. The Labute approximate surface area is 178 Å². The van der Waals surface area contributed by atoms with Crippen molar-refractivity contribution in [3.63, 3.8) is 0 Å². The Bertz CT molecular complexity index is 1210. The first-order valence-corrected chi connectivity index (χ1v) is 10.2. The zero-order valence-corrected chi connectivity index (χ0v) is 17.1. The SMILES string of the molecule is CC1=C(c2ccc(C#N)cc2)N(C)C2=C(c3ccc(F)cc3F)C(C3CC3)NN2C1=O. The van der Waals surface area contributed by atoms with Gasteiger partial charge in [-0.15, -0.1) is 0 Å². The fourth-order valence-corrected chi connectivity index (χ4v) is 4.52. The number of nitrogens with zero attached hydrogens (tertiary/aromatic N) is 3. The third-order valence-corrected chi connectivity index (χ3v) is 6.17. The second kappa shape index (κ2) is 7.03. The Morgan fingerprint density at radius 1 is 1.13 bits per heavy atom. The molecule has 1 aliphatic carbocycles. The maximum absolute atomic E-state index is 14.9. The number of benzene rings is 2. The van der Waals surface area contributed by atoms with Crippen LogP contribution in [0.4, 0.5) is 8.78 Å². The van der Waals surface area contributed by atoms with Crippen LogP contribution in [-0.2, 0) is 4.79 Å². The summed E-state index contributed by atoms with van der Waals surface area (Å²) in [6.45, 7) is 1.76. The standard InChI is InChI=1S/C24H20F2N4O/c1-13-22(16-5-3-14(12-27)4-6-16)29(2)23-20(18-10-9-17(25)11-19(18)26)21(15-7-8-15)28-30(23)24(13)31/h3-6,9-11,15,21,28H,7-8H2,1-2H3. The summed E-state index contributed by atoms with van der Waals surface area (Å²) in [5, 5.41) is 10.6. The monoisotopic (exact) mass is 418 g/mol. The molecule has 0 aromatic heterocycles. The van der Waals surface area contributed by atoms with E-state index in [2.05, 4.69) is 11.5 Å². The Kier molecular flexibility index (Phi) is 4.42. The van der Waals surface area contributed by atoms with Crippen LogP contribution >= 0.6 is 0 Å². The molecule has 1 fully saturated rings. The number of amides is 1. The van der Waals surface area contributed by atoms with Crippen molar-refractivity contribution >= 4 is 17.2 Å². The lowest BCUT2D eigenvalue weighted by atomic mass is 9.94. The lowest BCUT2D eigenvalue weighted by molar-refractivity contribution is -0.129. The van der Waals surface area contributed by atoms with E-state index in [0.717, 1.165) is 24.5 Å². The molecule has 1 amide bonds. The number of fused-ring (bicyclic) bond motifs is 1. The number of rotatable bonds is 3. The molecule has 5 nitrogen and oxygen atoms in total. The number of nitrogens with one attached hydrogen (secondary N) is 1. The van der Waals surface area contributed by atoms with E-state index in [9.17, 15) is 13.6 Å². The van der Waals surface area contributed by atoms with Crippen molar-refractivity contribution in [1.29, 1.82) is 5.26 Å². The van der Waals surface area contributed by atoms with Gasteiger partial charge in [0, 0.05) is 29.8 Å². The number of hydrogen-bond donors (Lipinski definition) is 1. The number of nitriles is 1. The van der Waals surface area contributed by atoms with Crippen molar-refractivity contribution in [2.75, 3.05) is 7.05 Å². The van der Waals surface area contributed by atoms with Crippen LogP contribution in [0.5, 0.6) is 0 Å². The van der Waals surface area contributed by atoms with Gasteiger partial charge in [-0.3, -0.25) is 4.79 Å². The topological polar surface area (TPSA) is 59.4 Å². The predicted octanol–water partition coefficient (Wildman–Crippen LogP) is 4.01. The minimum atomic E-state index is -0.649. The molecular weight excluding hydrogens is 398 g/mol. The normalized spacial score (nSPS) is 21.0. The van der Waals surface area contributed by atoms with Crippen molar-refractivity contribution in [3.05, 3.63) is 82.2 Å². The van der Waals surface area contributed by atoms with Crippen molar-refractivity contribution in [2.24, 2.45) is 5.92 Å². The predicted molar refractivity (Wildman–Crippen MR) is 111 cm³/mol. The summed E-state index contributed by atoms with van der Waals surface area (Å²) in [6, 6.07) is 12.4. The average molecular weight is 418 g/mol. The van der Waals surface area contributed by atoms with Gasteiger partial charge in [0.2, 0.25) is 0 Å². The number of carbonyl (C=O) groups is 1. The summed E-state index contributed by atoms with van der Waals surface area (Å²) in [4.78, 5) is 15.2. The van der Waals surface area contributed by atoms with Gasteiger partial charge < -0.3 is 4.90 Å². The van der Waals surface area contributed by atoms with E-state index in [0.29, 0.717) is 33.8 Å². The quantitative estimate of drug-likeness (QED) is 0.819. The molecule has 2 aromatic rings. The molecule has 156 valence electrons. The molecule has 31 heavy (non-hydrogen) atoms. The van der Waals surface area contributed by atoms with Gasteiger partial charge in [-0.25, -0.2) is 19.2 Å². The second-order valence-corrected chi connectivity index (χ2v) is 8.17. The van der Waals surface area contributed by atoms with Crippen LogP contribution in [-0.4, -0.2) is 28.9 Å². The maximum Gasteiger partial charge on any atom is 0.271 e. The van der Waals surface area contributed by atoms with E-state index >= 15 is 0 Å². The molecule has 2 aliphatic heterocycles. The lowest BCUT2D eigenvalue weighted by Crippen LogP contribution is -2.48. The molecule has 5 rings (SSSR count). The molecule has 0 saturated heterocycles. The van der Waals surface area contributed by atoms with E-state index in [-0.39, 0.29) is 17.9 Å². The summed E-state index contributed by atoms with van der Waals surface area (Å²) in [7, 11) is 1.84. The van der Waals surface area contributed by atoms with Gasteiger partial charge in [0.15, 0.2) is 0 Å². The molecule has 2 heterocycles. The average Bonchev–Trinajstić information content (AvgIpc) is 3.53. The van der Waals surface area contributed by atoms with Gasteiger partial charge in [-0.05, 0) is 55.5 Å². The van der Waals surface area contributed by atoms with E-state index in [4.69, 9.17) is 5.26 Å². The molecule has 1 N–H and O–H groups in total. The van der Waals surface area contributed by atoms with Crippen LogP contribution in [0.25, 0.3) is 11.3 Å². The van der Waals surface area contributed by atoms with Crippen LogP contribution in [0.2, 0.25) is 0 Å². The highest BCUT2D eigenvalue weighted by molar-refractivity contribution is 6.05. The Morgan fingerprint density at radius 2 is 1.84 bits per heavy atom. The summed E-state index contributed by atoms with van der Waals surface area (Å²) < 4.78 is 28.4. The van der Waals surface area contributed by atoms with Gasteiger partial charge in [-0.2, -0.15) is 5.26 Å². The number of hydrogen-bond acceptors (Lipinski definition) is 4. The van der Waals surface area contributed by atoms with Gasteiger partial charge >= 0.3 is 0 Å². The van der Waals surface area contributed by atoms with Gasteiger partial charge in [0.25, 0.3) is 5.91 Å². The lowest BCUT2D eigenvalue weighted by Gasteiger charge is -2.36. The zero-order chi connectivity index (χ0) is 21.9. The number of carbonyl (C=O) groups excluding carboxylic acids is 1. The maximum atomic E-state index is 14.9. The van der Waals surface area contributed by atoms with Crippen molar-refractivity contribution in [1.82, 2.24) is 15.3 Å². The Balaban J connectivity index is 1.70. The minimum Gasteiger partial charge on any atom is -0.328 e. The number of halogens is 2. The van der Waals surface area contributed by atoms with Crippen molar-refractivity contribution in [2.45, 2.75) is 25.8 Å². The molecule has 0 spiro atoms. The van der Waals surface area contributed by atoms with Crippen LogP contribution in [0.3, 0.4) is 0 Å². The summed E-state index contributed by atoms with van der Waals surface area (Å²) in [6.07, 6.45) is 1.97. The van der Waals surface area contributed by atoms with Crippen molar-refractivity contribution in [3.8, 4) is 6.07 Å². The summed E-state index contributed by atoms with van der Waals surface area (Å²) in [5.41, 5.74) is 6.78. The molecule has 3 aliphatic rings. The Hall–Kier alpha value is -3.50. The molecule has 1 atom stereocenters. The van der Waals surface area contributed by atoms with Crippen LogP contribution in [0.1, 0.15) is 36.5 Å². The minimum absolute atomic E-state index is 0.212. The highest BCUT2D eigenvalue weighted by Crippen LogP contribution is 2.47. The summed E-state index contributed by atoms with van der Waals surface area (Å²) >= 11 is 0. The molecular formula is C24H20F2N4O. The second-order valence-electron chi connectivity index (χ2n) is 8.17. The van der Waals surface area contributed by atoms with E-state index in [1.807, 2.05) is 11.9 Å². The van der Waals surface area contributed by atoms with Gasteiger partial charge in [0.1, 0.15) is 17.5 Å². The van der Waals surface area contributed by atoms with Crippen LogP contribution in [0.15, 0.2) is 53.9 Å². The largest absolute Gasteiger partial charge is 0.328 e. The first kappa shape index (κ1) is 19.5. The highest BCUT2D eigenvalue weighted by atomic mass is 19.1. The van der Waals surface area contributed by atoms with Gasteiger partial charge in [0.05, 0.1) is 23.4 Å². The zero-order valence-electron chi connectivity index (χ0n) is 17.1. The van der Waals surface area contributed by atoms with E-state index in [1.54, 1.807) is 31.2 Å². The van der Waals surface area contributed by atoms with E-state index in [1.165, 1.54) is 17.1 Å². The highest BCUT2D eigenvalue weighted by Gasteiger charge is 2.48. The molecule has 0 radical (unpaired) electrons. The third-order valence-electron chi connectivity index (χ3n) is 6.17. The molecule has 1 unspecified atom stereocenters. The molecule has 7 heteroatoms. The Morgan fingerprint density at radius 3 is 2.45 bits per heavy atom. The third kappa shape index (κ3) is 3.03. The summed E-state index contributed by atoms with van der Waals surface area (Å²) in [5.74, 6) is -0.658. The molecule has 2 aromatic carbocycles. The smallest absolute Gasteiger partial charge is 0.271 e. The van der Waals surface area contributed by atoms with Crippen LogP contribution in [0, 0.1) is 28.9 Å².